The lowest BCUT2D eigenvalue weighted by molar-refractivity contribution is 0.586. The van der Waals surface area contributed by atoms with Crippen LogP contribution < -0.4 is 9.73 Å². The Morgan fingerprint density at radius 2 is 1.59 bits per heavy atom. The number of anilines is 1. The third-order valence-corrected chi connectivity index (χ3v) is 8.42. The summed E-state index contributed by atoms with van der Waals surface area (Å²) in [4.78, 5) is -0.0403. The maximum atomic E-state index is 12.9. The molecule has 0 saturated carbocycles. The standard InChI is InChI=1S/C23H18Cl5N3O2S/c1-13-8-23(20(28)11-18(13)26)34(32,33)29-12-17-10-22(14-2-4-15(24)5-3-14)31(30-17)21-7-6-16(25)9-19(21)27/h2-9,11,22,29H,10,12H2,1H3. The predicted molar refractivity (Wildman–Crippen MR) is 142 cm³/mol. The van der Waals surface area contributed by atoms with Gasteiger partial charge in [-0.1, -0.05) is 70.1 Å². The Bertz CT molecular complexity index is 1380. The van der Waals surface area contributed by atoms with E-state index in [1.54, 1.807) is 42.3 Å². The van der Waals surface area contributed by atoms with Crippen LogP contribution >= 0.6 is 58.0 Å². The second-order valence-electron chi connectivity index (χ2n) is 7.73. The van der Waals surface area contributed by atoms with Crippen LogP contribution in [0.15, 0.2) is 64.6 Å². The minimum Gasteiger partial charge on any atom is -0.256 e. The maximum absolute atomic E-state index is 12.9. The van der Waals surface area contributed by atoms with Crippen LogP contribution in [0.25, 0.3) is 0 Å². The van der Waals surface area contributed by atoms with E-state index < -0.39 is 10.0 Å². The van der Waals surface area contributed by atoms with Crippen molar-refractivity contribution in [3.05, 3.63) is 90.8 Å². The highest BCUT2D eigenvalue weighted by molar-refractivity contribution is 7.89. The Morgan fingerprint density at radius 1 is 0.912 bits per heavy atom. The van der Waals surface area contributed by atoms with E-state index in [0.717, 1.165) is 5.56 Å². The molecule has 0 spiro atoms. The van der Waals surface area contributed by atoms with Crippen molar-refractivity contribution in [1.82, 2.24) is 4.72 Å². The number of sulfonamides is 1. The maximum Gasteiger partial charge on any atom is 0.242 e. The number of halogens is 5. The minimum atomic E-state index is -3.90. The lowest BCUT2D eigenvalue weighted by Gasteiger charge is -2.25. The van der Waals surface area contributed by atoms with Gasteiger partial charge in [-0.05, 0) is 60.5 Å². The Morgan fingerprint density at radius 3 is 2.26 bits per heavy atom. The van der Waals surface area contributed by atoms with Crippen LogP contribution in [0.3, 0.4) is 0 Å². The van der Waals surface area contributed by atoms with Crippen molar-refractivity contribution in [3.8, 4) is 0 Å². The van der Waals surface area contributed by atoms with Gasteiger partial charge in [-0.15, -0.1) is 0 Å². The topological polar surface area (TPSA) is 61.8 Å². The van der Waals surface area contributed by atoms with Crippen LogP contribution in [-0.4, -0.2) is 20.7 Å². The average Bonchev–Trinajstić information content (AvgIpc) is 3.19. The zero-order valence-electron chi connectivity index (χ0n) is 17.7. The van der Waals surface area contributed by atoms with Crippen molar-refractivity contribution in [2.45, 2.75) is 24.3 Å². The Balaban J connectivity index is 1.63. The van der Waals surface area contributed by atoms with Crippen molar-refractivity contribution in [3.63, 3.8) is 0 Å². The third-order valence-electron chi connectivity index (χ3n) is 5.35. The second kappa shape index (κ2) is 10.2. The van der Waals surface area contributed by atoms with E-state index in [-0.39, 0.29) is 22.5 Å². The van der Waals surface area contributed by atoms with E-state index in [9.17, 15) is 8.42 Å². The highest BCUT2D eigenvalue weighted by Crippen LogP contribution is 2.40. The molecule has 1 heterocycles. The van der Waals surface area contributed by atoms with Crippen LogP contribution in [0, 0.1) is 6.92 Å². The minimum absolute atomic E-state index is 0.00780. The number of nitrogens with zero attached hydrogens (tertiary/aromatic N) is 2. The number of hydrogen-bond donors (Lipinski definition) is 1. The monoisotopic (exact) mass is 575 g/mol. The Kier molecular flexibility index (Phi) is 7.70. The number of rotatable bonds is 6. The first-order valence-electron chi connectivity index (χ1n) is 10.1. The van der Waals surface area contributed by atoms with E-state index in [1.807, 2.05) is 12.1 Å². The summed E-state index contributed by atoms with van der Waals surface area (Å²) in [6, 6.07) is 15.2. The highest BCUT2D eigenvalue weighted by Gasteiger charge is 2.31. The molecule has 1 aliphatic heterocycles. The summed E-state index contributed by atoms with van der Waals surface area (Å²) in [5, 5.41) is 8.44. The van der Waals surface area contributed by atoms with Crippen LogP contribution in [-0.2, 0) is 10.0 Å². The van der Waals surface area contributed by atoms with Gasteiger partial charge in [-0.25, -0.2) is 13.1 Å². The van der Waals surface area contributed by atoms with Crippen LogP contribution in [0.4, 0.5) is 5.69 Å². The first kappa shape index (κ1) is 25.6. The van der Waals surface area contributed by atoms with E-state index >= 15 is 0 Å². The summed E-state index contributed by atoms with van der Waals surface area (Å²) >= 11 is 30.8. The molecule has 5 nitrogen and oxygen atoms in total. The lowest BCUT2D eigenvalue weighted by atomic mass is 10.0. The van der Waals surface area contributed by atoms with Gasteiger partial charge in [-0.3, -0.25) is 5.01 Å². The van der Waals surface area contributed by atoms with E-state index in [2.05, 4.69) is 9.82 Å². The molecule has 0 bridgehead atoms. The molecule has 3 aromatic carbocycles. The fraction of sp³-hybridized carbons (Fsp3) is 0.174. The van der Waals surface area contributed by atoms with Gasteiger partial charge in [0.1, 0.15) is 4.90 Å². The first-order chi connectivity index (χ1) is 16.0. The molecular formula is C23H18Cl5N3O2S. The fourth-order valence-corrected chi connectivity index (χ4v) is 6.07. The van der Waals surface area contributed by atoms with Crippen LogP contribution in [0.1, 0.15) is 23.6 Å². The summed E-state index contributed by atoms with van der Waals surface area (Å²) in [6.45, 7) is 1.70. The molecule has 1 N–H and O–H groups in total. The van der Waals surface area contributed by atoms with Gasteiger partial charge in [-0.2, -0.15) is 5.10 Å². The third kappa shape index (κ3) is 5.49. The molecule has 1 atom stereocenters. The van der Waals surface area contributed by atoms with Gasteiger partial charge in [0.25, 0.3) is 0 Å². The molecule has 0 amide bonds. The molecule has 178 valence electrons. The molecule has 0 radical (unpaired) electrons. The lowest BCUT2D eigenvalue weighted by Crippen LogP contribution is -2.29. The molecule has 1 aliphatic rings. The smallest absolute Gasteiger partial charge is 0.242 e. The molecule has 34 heavy (non-hydrogen) atoms. The number of nitrogens with one attached hydrogen (secondary N) is 1. The van der Waals surface area contributed by atoms with Crippen LogP contribution in [0.2, 0.25) is 25.1 Å². The molecule has 0 aromatic heterocycles. The van der Waals surface area contributed by atoms with Crippen molar-refractivity contribution in [1.29, 1.82) is 0 Å². The van der Waals surface area contributed by atoms with Crippen LogP contribution in [0.5, 0.6) is 0 Å². The highest BCUT2D eigenvalue weighted by atomic mass is 35.5. The predicted octanol–water partition coefficient (Wildman–Crippen LogP) is 7.55. The number of hydrogen-bond acceptors (Lipinski definition) is 4. The number of hydrazone groups is 1. The molecule has 11 heteroatoms. The van der Waals surface area contributed by atoms with Crippen molar-refractivity contribution >= 4 is 79.4 Å². The normalized spacial score (nSPS) is 16.1. The van der Waals surface area contributed by atoms with Gasteiger partial charge >= 0.3 is 0 Å². The summed E-state index contributed by atoms with van der Waals surface area (Å²) < 4.78 is 28.5. The van der Waals surface area contributed by atoms with E-state index in [0.29, 0.717) is 43.5 Å². The molecule has 4 rings (SSSR count). The summed E-state index contributed by atoms with van der Waals surface area (Å²) in [6.07, 6.45) is 0.469. The van der Waals surface area contributed by atoms with Crippen molar-refractivity contribution in [2.75, 3.05) is 11.6 Å². The molecule has 3 aromatic rings. The quantitative estimate of drug-likeness (QED) is 0.329. The van der Waals surface area contributed by atoms with Gasteiger partial charge in [0.2, 0.25) is 10.0 Å². The fourth-order valence-electron chi connectivity index (χ4n) is 3.61. The first-order valence-corrected chi connectivity index (χ1v) is 13.4. The Hall–Kier alpha value is -1.51. The second-order valence-corrected chi connectivity index (χ2v) is 11.6. The summed E-state index contributed by atoms with van der Waals surface area (Å²) in [7, 11) is -3.90. The average molecular weight is 578 g/mol. The SMILES string of the molecule is Cc1cc(S(=O)(=O)NCC2=NN(c3ccc(Cl)cc3Cl)C(c3ccc(Cl)cc3)C2)c(Cl)cc1Cl. The van der Waals surface area contributed by atoms with Gasteiger partial charge in [0.05, 0.1) is 34.0 Å². The summed E-state index contributed by atoms with van der Waals surface area (Å²) in [5.74, 6) is 0. The van der Waals surface area contributed by atoms with E-state index in [4.69, 9.17) is 58.0 Å². The van der Waals surface area contributed by atoms with Crippen molar-refractivity contribution in [2.24, 2.45) is 5.10 Å². The molecule has 0 fully saturated rings. The molecular weight excluding hydrogens is 560 g/mol. The Labute approximate surface area is 223 Å². The molecule has 0 saturated heterocycles. The molecule has 0 aliphatic carbocycles. The zero-order chi connectivity index (χ0) is 24.6. The summed E-state index contributed by atoms with van der Waals surface area (Å²) in [5.41, 5.74) is 2.83. The largest absolute Gasteiger partial charge is 0.256 e. The molecule has 1 unspecified atom stereocenters. The van der Waals surface area contributed by atoms with Gasteiger partial charge < -0.3 is 0 Å². The number of benzene rings is 3. The number of aryl methyl sites for hydroxylation is 1. The zero-order valence-corrected chi connectivity index (χ0v) is 22.3. The van der Waals surface area contributed by atoms with Gasteiger partial charge in [0, 0.05) is 21.5 Å². The van der Waals surface area contributed by atoms with E-state index in [1.165, 1.54) is 12.1 Å². The van der Waals surface area contributed by atoms with Crippen molar-refractivity contribution < 1.29 is 8.42 Å². The van der Waals surface area contributed by atoms with Gasteiger partial charge in [0.15, 0.2) is 0 Å².